The van der Waals surface area contributed by atoms with Gasteiger partial charge in [-0.3, -0.25) is 0 Å². The molecule has 2 heterocycles. The molecule has 2 nitrogen and oxygen atoms in total. The van der Waals surface area contributed by atoms with Crippen LogP contribution in [-0.2, 0) is 0 Å². The van der Waals surface area contributed by atoms with Crippen molar-refractivity contribution in [2.45, 2.75) is 0 Å². The van der Waals surface area contributed by atoms with Gasteiger partial charge in [0.15, 0.2) is 46.5 Å². The molecular weight excluding hydrogens is 622 g/mol. The summed E-state index contributed by atoms with van der Waals surface area (Å²) in [5, 5.41) is 0. The summed E-state index contributed by atoms with van der Waals surface area (Å²) in [6.07, 6.45) is 0. The van der Waals surface area contributed by atoms with Gasteiger partial charge in [-0.1, -0.05) is 0 Å². The van der Waals surface area contributed by atoms with Gasteiger partial charge in [-0.25, -0.2) is 43.9 Å². The van der Waals surface area contributed by atoms with Crippen LogP contribution in [0.5, 0.6) is 11.5 Å². The lowest BCUT2D eigenvalue weighted by Crippen LogP contribution is -2.03. The molecule has 0 N–H and O–H groups in total. The van der Waals surface area contributed by atoms with Crippen LogP contribution < -0.4 is 9.47 Å². The van der Waals surface area contributed by atoms with Gasteiger partial charge in [0.2, 0.25) is 11.6 Å². The number of thiophene rings is 2. The maximum Gasteiger partial charge on any atom is 0.200 e. The lowest BCUT2D eigenvalue weighted by molar-refractivity contribution is 0.381. The summed E-state index contributed by atoms with van der Waals surface area (Å²) in [6, 6.07) is 7.91. The Morgan fingerprint density at radius 3 is 0.952 bits per heavy atom. The standard InChI is InChI=1S/C28H12F10O2S2/c1-39-11-7-10(14-4-6-16(42-14)18-21(31)25(35)28(38)26(36)22(18)32)12(40-2)8-9(11)13-3-5-15(41-13)17-19(29)23(33)27(37)24(34)20(17)30/h3-8H,1-2H3. The monoisotopic (exact) mass is 634 g/mol. The molecule has 42 heavy (non-hydrogen) atoms. The minimum atomic E-state index is -2.29. The molecule has 2 aromatic heterocycles. The number of hydrogen-bond acceptors (Lipinski definition) is 4. The van der Waals surface area contributed by atoms with Crippen LogP contribution >= 0.6 is 22.7 Å². The van der Waals surface area contributed by atoms with Gasteiger partial charge in [-0.15, -0.1) is 22.7 Å². The number of halogens is 10. The van der Waals surface area contributed by atoms with Crippen LogP contribution in [-0.4, -0.2) is 14.2 Å². The Hall–Kier alpha value is -4.04. The van der Waals surface area contributed by atoms with Gasteiger partial charge in [-0.2, -0.15) is 0 Å². The molecule has 5 aromatic rings. The van der Waals surface area contributed by atoms with Gasteiger partial charge in [-0.05, 0) is 36.4 Å². The van der Waals surface area contributed by atoms with Crippen LogP contribution in [0.3, 0.4) is 0 Å². The number of methoxy groups -OCH3 is 2. The van der Waals surface area contributed by atoms with Crippen molar-refractivity contribution in [3.8, 4) is 53.3 Å². The maximum atomic E-state index is 14.4. The van der Waals surface area contributed by atoms with E-state index >= 15 is 0 Å². The number of benzene rings is 3. The van der Waals surface area contributed by atoms with E-state index in [1.54, 1.807) is 0 Å². The fourth-order valence-electron chi connectivity index (χ4n) is 4.16. The van der Waals surface area contributed by atoms with Crippen molar-refractivity contribution in [1.29, 1.82) is 0 Å². The second kappa shape index (κ2) is 11.0. The van der Waals surface area contributed by atoms with E-state index in [-0.39, 0.29) is 42.1 Å². The average Bonchev–Trinajstić information content (AvgIpc) is 3.67. The van der Waals surface area contributed by atoms with E-state index in [0.717, 1.165) is 12.1 Å². The summed E-state index contributed by atoms with van der Waals surface area (Å²) in [7, 11) is 2.56. The van der Waals surface area contributed by atoms with Crippen molar-refractivity contribution in [2.24, 2.45) is 0 Å². The van der Waals surface area contributed by atoms with E-state index in [1.165, 1.54) is 38.5 Å². The molecule has 3 aromatic carbocycles. The van der Waals surface area contributed by atoms with Crippen molar-refractivity contribution in [3.63, 3.8) is 0 Å². The van der Waals surface area contributed by atoms with Crippen molar-refractivity contribution in [3.05, 3.63) is 94.6 Å². The van der Waals surface area contributed by atoms with E-state index in [9.17, 15) is 43.9 Å². The Kier molecular flexibility index (Phi) is 7.70. The van der Waals surface area contributed by atoms with Gasteiger partial charge in [0.1, 0.15) is 11.5 Å². The van der Waals surface area contributed by atoms with E-state index in [0.29, 0.717) is 22.7 Å². The molecule has 0 atom stereocenters. The second-order valence-electron chi connectivity index (χ2n) is 8.47. The molecule has 0 amide bonds. The Morgan fingerprint density at radius 1 is 0.405 bits per heavy atom. The summed E-state index contributed by atoms with van der Waals surface area (Å²) < 4.78 is 150. The van der Waals surface area contributed by atoms with E-state index in [1.807, 2.05) is 0 Å². The zero-order valence-electron chi connectivity index (χ0n) is 20.9. The zero-order valence-corrected chi connectivity index (χ0v) is 22.5. The molecule has 0 fully saturated rings. The molecular formula is C28H12F10O2S2. The first-order valence-corrected chi connectivity index (χ1v) is 13.0. The van der Waals surface area contributed by atoms with Crippen molar-refractivity contribution in [1.82, 2.24) is 0 Å². The van der Waals surface area contributed by atoms with Crippen LogP contribution in [0.15, 0.2) is 36.4 Å². The highest BCUT2D eigenvalue weighted by Gasteiger charge is 2.29. The predicted molar refractivity (Wildman–Crippen MR) is 137 cm³/mol. The van der Waals surface area contributed by atoms with Gasteiger partial charge < -0.3 is 9.47 Å². The molecule has 0 spiro atoms. The van der Waals surface area contributed by atoms with Crippen LogP contribution in [0.1, 0.15) is 0 Å². The van der Waals surface area contributed by atoms with Crippen LogP contribution in [0.25, 0.3) is 41.8 Å². The summed E-state index contributed by atoms with van der Waals surface area (Å²) in [6.45, 7) is 0. The molecule has 0 aliphatic heterocycles. The van der Waals surface area contributed by atoms with Gasteiger partial charge in [0, 0.05) is 30.6 Å². The van der Waals surface area contributed by atoms with Crippen molar-refractivity contribution < 1.29 is 53.4 Å². The molecule has 0 aliphatic rings. The molecule has 0 saturated heterocycles. The van der Waals surface area contributed by atoms with Crippen LogP contribution in [0.4, 0.5) is 43.9 Å². The molecule has 5 rings (SSSR count). The minimum Gasteiger partial charge on any atom is -0.496 e. The normalized spacial score (nSPS) is 11.3. The summed E-state index contributed by atoms with van der Waals surface area (Å²) in [4.78, 5) is 0.0232. The largest absolute Gasteiger partial charge is 0.496 e. The third-order valence-corrected chi connectivity index (χ3v) is 8.45. The number of hydrogen-bond donors (Lipinski definition) is 0. The Bertz CT molecular complexity index is 1690. The van der Waals surface area contributed by atoms with E-state index < -0.39 is 69.3 Å². The minimum absolute atomic E-state index is 0.141. The molecule has 0 unspecified atom stereocenters. The molecule has 0 saturated carbocycles. The van der Waals surface area contributed by atoms with Crippen molar-refractivity contribution in [2.75, 3.05) is 14.2 Å². The second-order valence-corrected chi connectivity index (χ2v) is 10.6. The van der Waals surface area contributed by atoms with Crippen LogP contribution in [0.2, 0.25) is 0 Å². The molecule has 218 valence electrons. The SMILES string of the molecule is COc1cc(-c2ccc(-c3c(F)c(F)c(F)c(F)c3F)s2)c(OC)cc1-c1ccc(-c2c(F)c(F)c(F)c(F)c2F)s1. The first-order valence-electron chi connectivity index (χ1n) is 11.4. The highest BCUT2D eigenvalue weighted by Crippen LogP contribution is 2.48. The smallest absolute Gasteiger partial charge is 0.200 e. The lowest BCUT2D eigenvalue weighted by Gasteiger charge is -2.14. The maximum absolute atomic E-state index is 14.4. The van der Waals surface area contributed by atoms with E-state index in [4.69, 9.17) is 9.47 Å². The molecule has 0 bridgehead atoms. The van der Waals surface area contributed by atoms with Crippen LogP contribution in [0, 0.1) is 58.2 Å². The van der Waals surface area contributed by atoms with Crippen molar-refractivity contribution >= 4 is 22.7 Å². The summed E-state index contributed by atoms with van der Waals surface area (Å²) in [5.74, 6) is -20.7. The van der Waals surface area contributed by atoms with Gasteiger partial charge in [0.05, 0.1) is 25.3 Å². The third-order valence-electron chi connectivity index (χ3n) is 6.18. The lowest BCUT2D eigenvalue weighted by atomic mass is 10.1. The quantitative estimate of drug-likeness (QED) is 0.105. The highest BCUT2D eigenvalue weighted by molar-refractivity contribution is 7.19. The summed E-state index contributed by atoms with van der Waals surface area (Å²) >= 11 is 1.39. The highest BCUT2D eigenvalue weighted by atomic mass is 32.1. The zero-order chi connectivity index (χ0) is 30.6. The first-order chi connectivity index (χ1) is 19.9. The van der Waals surface area contributed by atoms with E-state index in [2.05, 4.69) is 0 Å². The Balaban J connectivity index is 1.60. The Labute approximate surface area is 238 Å². The first kappa shape index (κ1) is 29.5. The summed E-state index contributed by atoms with van der Waals surface area (Å²) in [5.41, 5.74) is -1.64. The average molecular weight is 635 g/mol. The fourth-order valence-corrected chi connectivity index (χ4v) is 6.28. The number of ether oxygens (including phenoxy) is 2. The molecule has 0 radical (unpaired) electrons. The molecule has 14 heteroatoms. The van der Waals surface area contributed by atoms with Gasteiger partial charge in [0.25, 0.3) is 0 Å². The van der Waals surface area contributed by atoms with Gasteiger partial charge >= 0.3 is 0 Å². The third kappa shape index (κ3) is 4.58. The fraction of sp³-hybridized carbons (Fsp3) is 0.0714. The molecule has 0 aliphatic carbocycles. The predicted octanol–water partition coefficient (Wildman–Crippen LogP) is 9.89. The Morgan fingerprint density at radius 2 is 0.667 bits per heavy atom. The number of rotatable bonds is 6. The topological polar surface area (TPSA) is 18.5 Å².